The molecule has 5 heteroatoms. The molecule has 0 aliphatic heterocycles. The van der Waals surface area contributed by atoms with Crippen molar-refractivity contribution in [1.82, 2.24) is 5.32 Å². The van der Waals surface area contributed by atoms with Gasteiger partial charge in [0.25, 0.3) is 0 Å². The topological polar surface area (TPSA) is 41.5 Å². The Morgan fingerprint density at radius 1 is 1.20 bits per heavy atom. The fraction of sp³-hybridized carbons (Fsp3) is 0.600. The molecular formula is C15H19F2NO2. The van der Waals surface area contributed by atoms with E-state index in [0.29, 0.717) is 12.0 Å². The molecule has 2 saturated carbocycles. The van der Waals surface area contributed by atoms with Gasteiger partial charge in [0.05, 0.1) is 12.1 Å². The maximum absolute atomic E-state index is 13.6. The van der Waals surface area contributed by atoms with Crippen molar-refractivity contribution in [3.63, 3.8) is 0 Å². The smallest absolute Gasteiger partial charge is 0.190 e. The third-order valence-electron chi connectivity index (χ3n) is 4.10. The molecule has 3 nitrogen and oxygen atoms in total. The Kier molecular flexibility index (Phi) is 3.65. The Balaban J connectivity index is 1.73. The van der Waals surface area contributed by atoms with Crippen LogP contribution < -0.4 is 10.1 Å². The highest BCUT2D eigenvalue weighted by Gasteiger charge is 2.48. The van der Waals surface area contributed by atoms with Gasteiger partial charge in [-0.05, 0) is 43.7 Å². The van der Waals surface area contributed by atoms with Gasteiger partial charge >= 0.3 is 0 Å². The Morgan fingerprint density at radius 2 is 1.85 bits per heavy atom. The minimum atomic E-state index is -0.709. The molecule has 0 saturated heterocycles. The molecule has 2 aliphatic rings. The highest BCUT2D eigenvalue weighted by molar-refractivity contribution is 5.26. The van der Waals surface area contributed by atoms with Gasteiger partial charge in [0.2, 0.25) is 0 Å². The minimum absolute atomic E-state index is 0.0791. The average Bonchev–Trinajstić information content (AvgIpc) is 3.29. The van der Waals surface area contributed by atoms with Crippen LogP contribution in [0, 0.1) is 17.6 Å². The lowest BCUT2D eigenvalue weighted by molar-refractivity contribution is 0.0793. The van der Waals surface area contributed by atoms with E-state index in [9.17, 15) is 13.9 Å². The average molecular weight is 283 g/mol. The fourth-order valence-corrected chi connectivity index (χ4v) is 2.59. The van der Waals surface area contributed by atoms with E-state index in [0.717, 1.165) is 25.7 Å². The summed E-state index contributed by atoms with van der Waals surface area (Å²) >= 11 is 0. The number of ether oxygens (including phenoxy) is 1. The van der Waals surface area contributed by atoms with Crippen molar-refractivity contribution < 1.29 is 18.6 Å². The summed E-state index contributed by atoms with van der Waals surface area (Å²) in [6.07, 6.45) is 4.21. The van der Waals surface area contributed by atoms with Gasteiger partial charge in [0.15, 0.2) is 17.4 Å². The largest absolute Gasteiger partial charge is 0.486 e. The van der Waals surface area contributed by atoms with Crippen LogP contribution in [0.15, 0.2) is 18.2 Å². The zero-order valence-electron chi connectivity index (χ0n) is 11.2. The van der Waals surface area contributed by atoms with Crippen molar-refractivity contribution in [3.8, 4) is 5.75 Å². The minimum Gasteiger partial charge on any atom is -0.486 e. The van der Waals surface area contributed by atoms with Gasteiger partial charge in [-0.3, -0.25) is 0 Å². The zero-order chi connectivity index (χ0) is 14.2. The molecule has 1 aromatic rings. The maximum atomic E-state index is 13.6. The molecule has 1 unspecified atom stereocenters. The first-order valence-corrected chi connectivity index (χ1v) is 7.10. The first-order chi connectivity index (χ1) is 9.64. The van der Waals surface area contributed by atoms with Gasteiger partial charge in [-0.25, -0.2) is 8.78 Å². The molecule has 0 heterocycles. The van der Waals surface area contributed by atoms with Crippen LogP contribution in [0.5, 0.6) is 5.75 Å². The van der Waals surface area contributed by atoms with E-state index < -0.39 is 17.2 Å². The van der Waals surface area contributed by atoms with Gasteiger partial charge in [0.1, 0.15) is 6.61 Å². The van der Waals surface area contributed by atoms with Crippen molar-refractivity contribution in [2.24, 2.45) is 5.92 Å². The van der Waals surface area contributed by atoms with E-state index in [1.54, 1.807) is 0 Å². The highest BCUT2D eigenvalue weighted by Crippen LogP contribution is 2.42. The summed E-state index contributed by atoms with van der Waals surface area (Å²) in [6, 6.07) is 4.05. The number of nitrogens with one attached hydrogen (secondary N) is 1. The van der Waals surface area contributed by atoms with E-state index >= 15 is 0 Å². The molecule has 0 aromatic heterocycles. The molecule has 1 aromatic carbocycles. The molecule has 0 amide bonds. The van der Waals surface area contributed by atoms with E-state index in [2.05, 4.69) is 5.32 Å². The molecule has 1 atom stereocenters. The summed E-state index contributed by atoms with van der Waals surface area (Å²) in [5, 5.41) is 13.2. The number of hydrogen-bond donors (Lipinski definition) is 2. The van der Waals surface area contributed by atoms with E-state index in [4.69, 9.17) is 4.74 Å². The van der Waals surface area contributed by atoms with Crippen molar-refractivity contribution in [2.75, 3.05) is 13.2 Å². The van der Waals surface area contributed by atoms with Gasteiger partial charge < -0.3 is 15.2 Å². The fourth-order valence-electron chi connectivity index (χ4n) is 2.59. The highest BCUT2D eigenvalue weighted by atomic mass is 19.1. The summed E-state index contributed by atoms with van der Waals surface area (Å²) in [6.45, 7) is 0.00670. The van der Waals surface area contributed by atoms with Crippen LogP contribution in [0.4, 0.5) is 8.78 Å². The van der Waals surface area contributed by atoms with Gasteiger partial charge in [0, 0.05) is 6.04 Å². The normalized spacial score (nSPS) is 21.6. The number of benzene rings is 1. The lowest BCUT2D eigenvalue weighted by Crippen LogP contribution is -2.56. The summed E-state index contributed by atoms with van der Waals surface area (Å²) in [5.74, 6) is -1.45. The molecule has 2 aliphatic carbocycles. The first-order valence-electron chi connectivity index (χ1n) is 7.10. The molecule has 2 N–H and O–H groups in total. The van der Waals surface area contributed by atoms with Crippen molar-refractivity contribution in [3.05, 3.63) is 29.8 Å². The zero-order valence-corrected chi connectivity index (χ0v) is 11.2. The predicted octanol–water partition coefficient (Wildman–Crippen LogP) is 2.24. The summed E-state index contributed by atoms with van der Waals surface area (Å²) in [4.78, 5) is 0. The molecule has 0 bridgehead atoms. The van der Waals surface area contributed by atoms with Crippen LogP contribution in [0.2, 0.25) is 0 Å². The van der Waals surface area contributed by atoms with Crippen molar-refractivity contribution >= 4 is 0 Å². The van der Waals surface area contributed by atoms with E-state index in [1.165, 1.54) is 18.2 Å². The third-order valence-corrected chi connectivity index (χ3v) is 4.10. The van der Waals surface area contributed by atoms with Gasteiger partial charge in [-0.2, -0.15) is 0 Å². The van der Waals surface area contributed by atoms with Gasteiger partial charge in [-0.15, -0.1) is 0 Å². The maximum Gasteiger partial charge on any atom is 0.190 e. The number of aliphatic hydroxyl groups excluding tert-OH is 1. The van der Waals surface area contributed by atoms with Crippen LogP contribution in [0.1, 0.15) is 25.7 Å². The lowest BCUT2D eigenvalue weighted by Gasteiger charge is -2.33. The predicted molar refractivity (Wildman–Crippen MR) is 70.6 cm³/mol. The quantitative estimate of drug-likeness (QED) is 0.806. The molecule has 0 radical (unpaired) electrons. The Labute approximate surface area is 116 Å². The van der Waals surface area contributed by atoms with E-state index in [1.807, 2.05) is 0 Å². The molecule has 3 rings (SSSR count). The number of para-hydroxylation sites is 1. The summed E-state index contributed by atoms with van der Waals surface area (Å²) in [5.41, 5.74) is -0.574. The molecule has 0 spiro atoms. The summed E-state index contributed by atoms with van der Waals surface area (Å²) < 4.78 is 32.5. The van der Waals surface area contributed by atoms with Crippen LogP contribution in [0.25, 0.3) is 0 Å². The van der Waals surface area contributed by atoms with Gasteiger partial charge in [-0.1, -0.05) is 6.07 Å². The number of hydrogen-bond acceptors (Lipinski definition) is 3. The monoisotopic (exact) mass is 283 g/mol. The lowest BCUT2D eigenvalue weighted by atomic mass is 9.95. The second-order valence-corrected chi connectivity index (χ2v) is 5.85. The number of aliphatic hydroxyl groups is 1. The van der Waals surface area contributed by atoms with Crippen molar-refractivity contribution in [2.45, 2.75) is 37.3 Å². The third kappa shape index (κ3) is 2.79. The summed E-state index contributed by atoms with van der Waals surface area (Å²) in [7, 11) is 0. The Morgan fingerprint density at radius 3 is 2.35 bits per heavy atom. The second-order valence-electron chi connectivity index (χ2n) is 5.85. The van der Waals surface area contributed by atoms with Crippen LogP contribution in [-0.2, 0) is 0 Å². The van der Waals surface area contributed by atoms with Crippen LogP contribution >= 0.6 is 0 Å². The SMILES string of the molecule is OCC(COc1c(F)cccc1F)(NC1CC1)C1CC1. The number of rotatable bonds is 7. The van der Waals surface area contributed by atoms with Crippen molar-refractivity contribution in [1.29, 1.82) is 0 Å². The molecular weight excluding hydrogens is 264 g/mol. The molecule has 20 heavy (non-hydrogen) atoms. The standard InChI is InChI=1S/C15H19F2NO2/c16-12-2-1-3-13(17)14(12)20-9-15(8-19,10-4-5-10)18-11-6-7-11/h1-3,10-11,18-19H,4-9H2. The number of halogens is 2. The Bertz CT molecular complexity index is 469. The van der Waals surface area contributed by atoms with E-state index in [-0.39, 0.29) is 19.0 Å². The second kappa shape index (κ2) is 5.30. The Hall–Kier alpha value is -1.20. The molecule has 2 fully saturated rings. The molecule has 110 valence electrons. The van der Waals surface area contributed by atoms with Crippen LogP contribution in [-0.4, -0.2) is 29.9 Å². The van der Waals surface area contributed by atoms with Crippen LogP contribution in [0.3, 0.4) is 0 Å². The first kappa shape index (κ1) is 13.8.